The number of aromatic nitrogens is 4. The van der Waals surface area contributed by atoms with Crippen LogP contribution in [0.5, 0.6) is 0 Å². The molecule has 86 valence electrons. The van der Waals surface area contributed by atoms with Crippen molar-refractivity contribution in [2.75, 3.05) is 0 Å². The minimum Gasteiger partial charge on any atom is -0.415 e. The Morgan fingerprint density at radius 3 is 2.81 bits per heavy atom. The first kappa shape index (κ1) is 11.1. The highest BCUT2D eigenvalue weighted by Gasteiger charge is 2.09. The molecule has 0 atom stereocenters. The van der Waals surface area contributed by atoms with Gasteiger partial charge in [-0.25, -0.2) is 0 Å². The van der Waals surface area contributed by atoms with Gasteiger partial charge in [-0.1, -0.05) is 23.8 Å². The molecular weight excluding hydrogens is 230 g/mol. The summed E-state index contributed by atoms with van der Waals surface area (Å²) in [6.45, 7) is 2.20. The van der Waals surface area contributed by atoms with Gasteiger partial charge in [0.15, 0.2) is 5.82 Å². The smallest absolute Gasteiger partial charge is 0.277 e. The maximum Gasteiger partial charge on any atom is 0.277 e. The van der Waals surface area contributed by atoms with Crippen LogP contribution in [0.1, 0.15) is 24.5 Å². The minimum absolute atomic E-state index is 0.246. The Kier molecular flexibility index (Phi) is 3.52. The van der Waals surface area contributed by atoms with Crippen LogP contribution in [0.4, 0.5) is 0 Å². The summed E-state index contributed by atoms with van der Waals surface area (Å²) in [4.78, 5) is 4.16. The molecule has 2 rings (SSSR count). The summed E-state index contributed by atoms with van der Waals surface area (Å²) in [5.74, 6) is 2.21. The van der Waals surface area contributed by atoms with Crippen LogP contribution in [0, 0.1) is 0 Å². The van der Waals surface area contributed by atoms with Gasteiger partial charge < -0.3 is 14.7 Å². The topological polar surface area (TPSA) is 104 Å². The Hall–Kier alpha value is -1.41. The Morgan fingerprint density at radius 2 is 2.19 bits per heavy atom. The molecule has 0 saturated heterocycles. The first-order chi connectivity index (χ1) is 7.81. The predicted molar refractivity (Wildman–Crippen MR) is 55.4 cm³/mol. The number of nitrogens with zero attached hydrogens (tertiary/aromatic N) is 4. The number of hydrogen-bond donors (Lipinski definition) is 1. The summed E-state index contributed by atoms with van der Waals surface area (Å²) < 4.78 is 10.2. The fraction of sp³-hybridized carbons (Fsp3) is 0.500. The molecule has 0 bridgehead atoms. The van der Waals surface area contributed by atoms with Gasteiger partial charge in [-0.05, 0) is 0 Å². The highest BCUT2D eigenvalue weighted by molar-refractivity contribution is 7.98. The van der Waals surface area contributed by atoms with Gasteiger partial charge in [0, 0.05) is 6.42 Å². The Balaban J connectivity index is 1.91. The third-order valence-electron chi connectivity index (χ3n) is 1.76. The summed E-state index contributed by atoms with van der Waals surface area (Å²) >= 11 is 1.35. The summed E-state index contributed by atoms with van der Waals surface area (Å²) in [6.07, 6.45) is 0.732. The first-order valence-corrected chi connectivity index (χ1v) is 5.77. The van der Waals surface area contributed by atoms with Crippen LogP contribution in [0.15, 0.2) is 14.2 Å². The van der Waals surface area contributed by atoms with Gasteiger partial charge in [-0.15, -0.1) is 10.2 Å². The van der Waals surface area contributed by atoms with Crippen molar-refractivity contribution in [3.8, 4) is 0 Å². The molecule has 0 amide bonds. The molecule has 0 radical (unpaired) electrons. The zero-order valence-corrected chi connectivity index (χ0v) is 9.53. The van der Waals surface area contributed by atoms with Gasteiger partial charge in [0.05, 0.1) is 12.3 Å². The average Bonchev–Trinajstić information content (AvgIpc) is 2.95. The molecule has 0 aliphatic carbocycles. The quantitative estimate of drug-likeness (QED) is 0.765. The van der Waals surface area contributed by atoms with Crippen LogP contribution in [0.3, 0.4) is 0 Å². The molecule has 0 spiro atoms. The largest absolute Gasteiger partial charge is 0.415 e. The van der Waals surface area contributed by atoms with E-state index in [2.05, 4.69) is 20.3 Å². The van der Waals surface area contributed by atoms with Crippen molar-refractivity contribution in [1.29, 1.82) is 0 Å². The third kappa shape index (κ3) is 2.58. The maximum absolute atomic E-state index is 5.35. The normalized spacial score (nSPS) is 10.9. The number of nitrogens with two attached hydrogens (primary N) is 1. The molecule has 2 N–H and O–H groups in total. The van der Waals surface area contributed by atoms with Crippen molar-refractivity contribution < 1.29 is 8.94 Å². The van der Waals surface area contributed by atoms with E-state index in [4.69, 9.17) is 14.7 Å². The molecule has 0 unspecified atom stereocenters. The van der Waals surface area contributed by atoms with E-state index in [1.165, 1.54) is 11.8 Å². The summed E-state index contributed by atoms with van der Waals surface area (Å²) in [5.41, 5.74) is 5.35. The van der Waals surface area contributed by atoms with Crippen molar-refractivity contribution in [2.45, 2.75) is 30.9 Å². The average molecular weight is 241 g/mol. The molecule has 2 aromatic heterocycles. The molecule has 0 fully saturated rings. The van der Waals surface area contributed by atoms with Crippen LogP contribution in [0.25, 0.3) is 0 Å². The van der Waals surface area contributed by atoms with Crippen LogP contribution in [-0.2, 0) is 18.7 Å². The molecular formula is C8H11N5O2S. The standard InChI is InChI=1S/C8H11N5O2S/c1-2-6-10-5(13-15-6)4-16-8-12-11-7(3-9)14-8/h2-4,9H2,1H3. The van der Waals surface area contributed by atoms with E-state index < -0.39 is 0 Å². The molecule has 2 aromatic rings. The van der Waals surface area contributed by atoms with E-state index in [1.54, 1.807) is 0 Å². The van der Waals surface area contributed by atoms with E-state index in [1.807, 2.05) is 6.92 Å². The highest BCUT2D eigenvalue weighted by atomic mass is 32.2. The van der Waals surface area contributed by atoms with Gasteiger partial charge in [0.1, 0.15) is 0 Å². The second-order valence-electron chi connectivity index (χ2n) is 2.91. The molecule has 0 saturated carbocycles. The zero-order chi connectivity index (χ0) is 11.4. The van der Waals surface area contributed by atoms with Gasteiger partial charge >= 0.3 is 0 Å². The lowest BCUT2D eigenvalue weighted by Gasteiger charge is -1.88. The van der Waals surface area contributed by atoms with E-state index in [0.717, 1.165) is 6.42 Å². The Morgan fingerprint density at radius 1 is 1.31 bits per heavy atom. The lowest BCUT2D eigenvalue weighted by Crippen LogP contribution is -1.95. The summed E-state index contributed by atoms with van der Waals surface area (Å²) in [7, 11) is 0. The SMILES string of the molecule is CCc1nc(CSc2nnc(CN)o2)no1. The molecule has 7 nitrogen and oxygen atoms in total. The van der Waals surface area contributed by atoms with Crippen LogP contribution >= 0.6 is 11.8 Å². The number of rotatable bonds is 5. The highest BCUT2D eigenvalue weighted by Crippen LogP contribution is 2.19. The second-order valence-corrected chi connectivity index (χ2v) is 3.84. The fourth-order valence-corrected chi connectivity index (χ4v) is 1.62. The number of hydrogen-bond acceptors (Lipinski definition) is 8. The van der Waals surface area contributed by atoms with Crippen molar-refractivity contribution in [3.63, 3.8) is 0 Å². The lowest BCUT2D eigenvalue weighted by molar-refractivity contribution is 0.378. The van der Waals surface area contributed by atoms with Crippen molar-refractivity contribution >= 4 is 11.8 Å². The number of thioether (sulfide) groups is 1. The third-order valence-corrected chi connectivity index (χ3v) is 2.57. The second kappa shape index (κ2) is 5.08. The van der Waals surface area contributed by atoms with Crippen LogP contribution < -0.4 is 5.73 Å². The molecule has 8 heteroatoms. The predicted octanol–water partition coefficient (Wildman–Crippen LogP) is 0.766. The van der Waals surface area contributed by atoms with Gasteiger partial charge in [-0.2, -0.15) is 4.98 Å². The van der Waals surface area contributed by atoms with E-state index >= 15 is 0 Å². The molecule has 2 heterocycles. The van der Waals surface area contributed by atoms with Crippen molar-refractivity contribution in [2.24, 2.45) is 5.73 Å². The Bertz CT molecular complexity index is 412. The maximum atomic E-state index is 5.35. The van der Waals surface area contributed by atoms with E-state index in [-0.39, 0.29) is 6.54 Å². The first-order valence-electron chi connectivity index (χ1n) is 4.78. The molecule has 16 heavy (non-hydrogen) atoms. The van der Waals surface area contributed by atoms with E-state index in [9.17, 15) is 0 Å². The number of aryl methyl sites for hydroxylation is 1. The van der Waals surface area contributed by atoms with Crippen LogP contribution in [0.2, 0.25) is 0 Å². The lowest BCUT2D eigenvalue weighted by atomic mass is 10.5. The van der Waals surface area contributed by atoms with Gasteiger partial charge in [0.2, 0.25) is 11.8 Å². The summed E-state index contributed by atoms with van der Waals surface area (Å²) in [5, 5.41) is 11.8. The fourth-order valence-electron chi connectivity index (χ4n) is 0.998. The minimum atomic E-state index is 0.246. The van der Waals surface area contributed by atoms with Crippen molar-refractivity contribution in [3.05, 3.63) is 17.6 Å². The molecule has 0 aliphatic rings. The van der Waals surface area contributed by atoms with Gasteiger partial charge in [-0.3, -0.25) is 0 Å². The summed E-state index contributed by atoms with van der Waals surface area (Å²) in [6, 6.07) is 0. The Labute approximate surface area is 95.8 Å². The van der Waals surface area contributed by atoms with Gasteiger partial charge in [0.25, 0.3) is 5.22 Å². The van der Waals surface area contributed by atoms with E-state index in [0.29, 0.717) is 28.6 Å². The van der Waals surface area contributed by atoms with Crippen molar-refractivity contribution in [1.82, 2.24) is 20.3 Å². The monoisotopic (exact) mass is 241 g/mol. The molecule has 0 aliphatic heterocycles. The zero-order valence-electron chi connectivity index (χ0n) is 8.71. The van der Waals surface area contributed by atoms with Crippen LogP contribution in [-0.4, -0.2) is 20.3 Å². The molecule has 0 aromatic carbocycles.